The molecule has 1 aliphatic heterocycles. The third-order valence-electron chi connectivity index (χ3n) is 5.40. The van der Waals surface area contributed by atoms with Crippen LogP contribution in [-0.4, -0.2) is 35.7 Å². The van der Waals surface area contributed by atoms with Crippen molar-refractivity contribution in [1.82, 2.24) is 16.1 Å². The Labute approximate surface area is 180 Å². The van der Waals surface area contributed by atoms with E-state index in [1.54, 1.807) is 35.8 Å². The second-order valence-electron chi connectivity index (χ2n) is 7.54. The number of carbonyl (C=O) groups excluding carboxylic acids is 2. The van der Waals surface area contributed by atoms with Gasteiger partial charge >= 0.3 is 0 Å². The van der Waals surface area contributed by atoms with Crippen molar-refractivity contribution >= 4 is 17.9 Å². The minimum atomic E-state index is -0.677. The highest BCUT2D eigenvalue weighted by Crippen LogP contribution is 2.23. The number of piperidine rings is 1. The van der Waals surface area contributed by atoms with E-state index in [2.05, 4.69) is 22.5 Å². The van der Waals surface area contributed by atoms with Crippen LogP contribution in [0.1, 0.15) is 50.6 Å². The number of benzene rings is 1. The lowest BCUT2D eigenvalue weighted by molar-refractivity contribution is 0.0706. The fraction of sp³-hybridized carbons (Fsp3) is 0.250. The maximum atomic E-state index is 13.0. The predicted octanol–water partition coefficient (Wildman–Crippen LogP) is 2.43. The van der Waals surface area contributed by atoms with E-state index in [-0.39, 0.29) is 11.7 Å². The van der Waals surface area contributed by atoms with Crippen LogP contribution < -0.4 is 16.1 Å². The molecule has 0 radical (unpaired) electrons. The highest BCUT2D eigenvalue weighted by atomic mass is 16.5. The normalized spacial score (nSPS) is 16.4. The topological polar surface area (TPSA) is 104 Å². The van der Waals surface area contributed by atoms with E-state index in [1.165, 1.54) is 0 Å². The van der Waals surface area contributed by atoms with Gasteiger partial charge in [-0.2, -0.15) is 0 Å². The fourth-order valence-corrected chi connectivity index (χ4v) is 3.64. The third-order valence-corrected chi connectivity index (χ3v) is 5.40. The molecule has 158 valence electrons. The van der Waals surface area contributed by atoms with Crippen LogP contribution in [0.2, 0.25) is 0 Å². The summed E-state index contributed by atoms with van der Waals surface area (Å²) in [6.07, 6.45) is 9.78. The van der Waals surface area contributed by atoms with Gasteiger partial charge in [0.15, 0.2) is 5.76 Å². The van der Waals surface area contributed by atoms with Crippen molar-refractivity contribution in [2.24, 2.45) is 0 Å². The van der Waals surface area contributed by atoms with Crippen molar-refractivity contribution in [1.29, 1.82) is 0 Å². The number of nitrogens with one attached hydrogen (secondary N) is 3. The van der Waals surface area contributed by atoms with E-state index in [9.17, 15) is 9.59 Å². The zero-order valence-corrected chi connectivity index (χ0v) is 16.9. The van der Waals surface area contributed by atoms with E-state index in [4.69, 9.17) is 9.62 Å². The van der Waals surface area contributed by atoms with Gasteiger partial charge in [-0.1, -0.05) is 36.1 Å². The van der Waals surface area contributed by atoms with Crippen LogP contribution in [0.4, 0.5) is 0 Å². The Balaban J connectivity index is 1.54. The van der Waals surface area contributed by atoms with Gasteiger partial charge in [-0.25, -0.2) is 5.48 Å². The van der Waals surface area contributed by atoms with Crippen LogP contribution in [0, 0.1) is 11.8 Å². The number of fused-ring (bicyclic) bond motifs is 1. The zero-order chi connectivity index (χ0) is 21.7. The molecule has 0 spiro atoms. The summed E-state index contributed by atoms with van der Waals surface area (Å²) in [7, 11) is 0. The molecule has 7 heteroatoms. The number of allylic oxidation sites excluding steroid dienone is 3. The molecule has 4 N–H and O–H groups in total. The first-order valence-corrected chi connectivity index (χ1v) is 10.2. The lowest BCUT2D eigenvalue weighted by Crippen LogP contribution is -2.53. The van der Waals surface area contributed by atoms with Gasteiger partial charge in [0, 0.05) is 23.1 Å². The molecular weight excluding hydrogens is 394 g/mol. The first kappa shape index (κ1) is 20.7. The van der Waals surface area contributed by atoms with E-state index >= 15 is 0 Å². The monoisotopic (exact) mass is 417 g/mol. The van der Waals surface area contributed by atoms with E-state index < -0.39 is 11.4 Å². The average Bonchev–Trinajstić information content (AvgIpc) is 3.09. The van der Waals surface area contributed by atoms with Crippen LogP contribution in [0.3, 0.4) is 0 Å². The SMILES string of the molecule is O=C(NO)c1ccc(C#CC2(NC(=O)c3cc4c(o3)CC=CC=C4)CCNCC2)cc1. The first-order chi connectivity index (χ1) is 15.1. The molecule has 1 aromatic heterocycles. The molecule has 0 saturated carbocycles. The fourth-order valence-electron chi connectivity index (χ4n) is 3.64. The maximum Gasteiger partial charge on any atom is 0.288 e. The summed E-state index contributed by atoms with van der Waals surface area (Å²) in [5.74, 6) is 6.56. The van der Waals surface area contributed by atoms with Crippen molar-refractivity contribution in [2.75, 3.05) is 13.1 Å². The number of rotatable bonds is 3. The number of hydrogen-bond donors (Lipinski definition) is 4. The Kier molecular flexibility index (Phi) is 6.03. The summed E-state index contributed by atoms with van der Waals surface area (Å²) < 4.78 is 5.81. The van der Waals surface area contributed by atoms with Crippen molar-refractivity contribution in [2.45, 2.75) is 24.8 Å². The molecule has 1 fully saturated rings. The summed E-state index contributed by atoms with van der Waals surface area (Å²) in [4.78, 5) is 24.4. The Morgan fingerprint density at radius 3 is 2.61 bits per heavy atom. The van der Waals surface area contributed by atoms with Crippen molar-refractivity contribution < 1.29 is 19.2 Å². The van der Waals surface area contributed by atoms with E-state index in [0.717, 1.165) is 24.4 Å². The summed E-state index contributed by atoms with van der Waals surface area (Å²) in [6.45, 7) is 1.49. The molecule has 1 saturated heterocycles. The van der Waals surface area contributed by atoms with Crippen molar-refractivity contribution in [3.05, 3.63) is 76.8 Å². The third kappa shape index (κ3) is 4.77. The highest BCUT2D eigenvalue weighted by Gasteiger charge is 2.33. The van der Waals surface area contributed by atoms with Crippen LogP contribution in [-0.2, 0) is 6.42 Å². The van der Waals surface area contributed by atoms with E-state index in [0.29, 0.717) is 30.4 Å². The largest absolute Gasteiger partial charge is 0.455 e. The molecule has 2 aliphatic rings. The predicted molar refractivity (Wildman–Crippen MR) is 115 cm³/mol. The van der Waals surface area contributed by atoms with Gasteiger partial charge in [-0.15, -0.1) is 0 Å². The Hall–Kier alpha value is -3.60. The summed E-state index contributed by atoms with van der Waals surface area (Å²) in [5.41, 5.74) is 2.88. The van der Waals surface area contributed by atoms with Crippen LogP contribution in [0.5, 0.6) is 0 Å². The molecule has 2 amide bonds. The number of hydroxylamine groups is 1. The molecular formula is C24H23N3O4. The van der Waals surface area contributed by atoms with Gasteiger partial charge in [-0.3, -0.25) is 14.8 Å². The van der Waals surface area contributed by atoms with Crippen LogP contribution >= 0.6 is 0 Å². The lowest BCUT2D eigenvalue weighted by atomic mass is 9.88. The lowest BCUT2D eigenvalue weighted by Gasteiger charge is -2.33. The van der Waals surface area contributed by atoms with Gasteiger partial charge in [-0.05, 0) is 56.3 Å². The Morgan fingerprint density at radius 2 is 1.87 bits per heavy atom. The summed E-state index contributed by atoms with van der Waals surface area (Å²) >= 11 is 0. The first-order valence-electron chi connectivity index (χ1n) is 10.2. The van der Waals surface area contributed by atoms with Gasteiger partial charge in [0.05, 0.1) is 0 Å². The Bertz CT molecular complexity index is 1090. The minimum absolute atomic E-state index is 0.281. The standard InChI is InChI=1S/C24H23N3O4/c28-22(27-30)18-8-6-17(7-9-18)10-11-24(12-14-25-15-13-24)26-23(29)21-16-19-4-2-1-3-5-20(19)31-21/h1-4,6-9,16,25,30H,5,12-15H2,(H,26,29)(H,27,28). The van der Waals surface area contributed by atoms with Crippen LogP contribution in [0.15, 0.2) is 53.0 Å². The number of hydrogen-bond acceptors (Lipinski definition) is 5. The average molecular weight is 417 g/mol. The second-order valence-corrected chi connectivity index (χ2v) is 7.54. The molecule has 2 aromatic rings. The van der Waals surface area contributed by atoms with Crippen molar-refractivity contribution in [3.63, 3.8) is 0 Å². The molecule has 2 heterocycles. The van der Waals surface area contributed by atoms with E-state index in [1.807, 2.05) is 24.3 Å². The number of amides is 2. The van der Waals surface area contributed by atoms with Gasteiger partial charge in [0.25, 0.3) is 11.8 Å². The number of furan rings is 1. The van der Waals surface area contributed by atoms with Gasteiger partial charge in [0.2, 0.25) is 0 Å². The quantitative estimate of drug-likeness (QED) is 0.349. The minimum Gasteiger partial charge on any atom is -0.455 e. The smallest absolute Gasteiger partial charge is 0.288 e. The number of carbonyl (C=O) groups is 2. The molecule has 0 atom stereocenters. The second kappa shape index (κ2) is 9.04. The van der Waals surface area contributed by atoms with Crippen LogP contribution in [0.25, 0.3) is 6.08 Å². The van der Waals surface area contributed by atoms with Crippen molar-refractivity contribution in [3.8, 4) is 11.8 Å². The summed E-state index contributed by atoms with van der Waals surface area (Å²) in [6, 6.07) is 8.35. The molecule has 4 rings (SSSR count). The van der Waals surface area contributed by atoms with Gasteiger partial charge in [0.1, 0.15) is 11.3 Å². The molecule has 0 bridgehead atoms. The summed E-state index contributed by atoms with van der Waals surface area (Å²) in [5, 5.41) is 15.1. The molecule has 1 aromatic carbocycles. The zero-order valence-electron chi connectivity index (χ0n) is 16.9. The maximum absolute atomic E-state index is 13.0. The molecule has 7 nitrogen and oxygen atoms in total. The Morgan fingerprint density at radius 1 is 1.10 bits per heavy atom. The van der Waals surface area contributed by atoms with Gasteiger partial charge < -0.3 is 15.1 Å². The molecule has 0 unspecified atom stereocenters. The molecule has 1 aliphatic carbocycles. The highest BCUT2D eigenvalue weighted by molar-refractivity contribution is 5.94. The molecule has 31 heavy (non-hydrogen) atoms.